The van der Waals surface area contributed by atoms with Crippen molar-refractivity contribution in [2.45, 2.75) is 12.5 Å². The van der Waals surface area contributed by atoms with Crippen molar-refractivity contribution >= 4 is 23.5 Å². The summed E-state index contributed by atoms with van der Waals surface area (Å²) in [4.78, 5) is 37.6. The number of urea groups is 1. The summed E-state index contributed by atoms with van der Waals surface area (Å²) < 4.78 is 13.5. The van der Waals surface area contributed by atoms with Crippen LogP contribution in [0.25, 0.3) is 0 Å². The Labute approximate surface area is 119 Å². The van der Waals surface area contributed by atoms with Crippen LogP contribution in [0.15, 0.2) is 30.4 Å². The molecule has 0 radical (unpaired) electrons. The van der Waals surface area contributed by atoms with Crippen LogP contribution in [0.4, 0.5) is 14.9 Å². The molecule has 0 saturated carbocycles. The summed E-state index contributed by atoms with van der Waals surface area (Å²) >= 11 is 0. The van der Waals surface area contributed by atoms with Crippen molar-refractivity contribution in [3.8, 4) is 0 Å². The number of rotatable bonds is 2. The maximum absolute atomic E-state index is 13.5. The quantitative estimate of drug-likeness (QED) is 0.480. The Hall–Kier alpha value is -2.70. The third-order valence-corrected chi connectivity index (χ3v) is 3.61. The first kappa shape index (κ1) is 13.3. The molecule has 1 spiro atoms. The largest absolute Gasteiger partial charge is 0.323 e. The van der Waals surface area contributed by atoms with E-state index >= 15 is 0 Å². The van der Waals surface area contributed by atoms with Gasteiger partial charge in [0.2, 0.25) is 5.54 Å². The lowest BCUT2D eigenvalue weighted by molar-refractivity contribution is -0.133. The maximum atomic E-state index is 13.5. The predicted molar refractivity (Wildman–Crippen MR) is 71.9 cm³/mol. The van der Waals surface area contributed by atoms with E-state index < -0.39 is 29.2 Å². The van der Waals surface area contributed by atoms with Gasteiger partial charge < -0.3 is 10.2 Å². The molecular weight excluding hydrogens is 277 g/mol. The minimum absolute atomic E-state index is 0.153. The molecule has 2 heterocycles. The molecule has 1 atom stereocenters. The minimum Gasteiger partial charge on any atom is -0.312 e. The van der Waals surface area contributed by atoms with Gasteiger partial charge in [-0.1, -0.05) is 12.2 Å². The van der Waals surface area contributed by atoms with Crippen molar-refractivity contribution in [2.24, 2.45) is 0 Å². The Kier molecular flexibility index (Phi) is 2.79. The highest BCUT2D eigenvalue weighted by molar-refractivity contribution is 6.27. The molecule has 0 bridgehead atoms. The fraction of sp³-hybridized carbons (Fsp3) is 0.214. The Balaban J connectivity index is 2.20. The van der Waals surface area contributed by atoms with E-state index in [4.69, 9.17) is 0 Å². The fourth-order valence-electron chi connectivity index (χ4n) is 2.66. The van der Waals surface area contributed by atoms with E-state index in [1.165, 1.54) is 17.0 Å². The van der Waals surface area contributed by atoms with Crippen LogP contribution in [-0.4, -0.2) is 24.4 Å². The van der Waals surface area contributed by atoms with Crippen molar-refractivity contribution in [1.29, 1.82) is 0 Å². The maximum Gasteiger partial charge on any atom is 0.323 e. The average Bonchev–Trinajstić information content (AvgIpc) is 2.86. The molecule has 1 fully saturated rings. The number of allylic oxidation sites excluding steroid dienone is 1. The second-order valence-corrected chi connectivity index (χ2v) is 4.80. The average molecular weight is 289 g/mol. The third kappa shape index (κ3) is 1.67. The van der Waals surface area contributed by atoms with E-state index in [1.807, 2.05) is 5.32 Å². The predicted octanol–water partition coefficient (Wildman–Crippen LogP) is 0.783. The summed E-state index contributed by atoms with van der Waals surface area (Å²) in [6.07, 6.45) is 3.49. The topological polar surface area (TPSA) is 78.5 Å². The molecule has 2 aliphatic heterocycles. The summed E-state index contributed by atoms with van der Waals surface area (Å²) in [6.45, 7) is 2.03. The number of benzene rings is 1. The van der Waals surface area contributed by atoms with Gasteiger partial charge in [-0.2, -0.15) is 0 Å². The molecule has 6 nitrogen and oxygen atoms in total. The lowest BCUT2D eigenvalue weighted by Gasteiger charge is -2.20. The summed E-state index contributed by atoms with van der Waals surface area (Å²) in [5.74, 6) is -1.96. The van der Waals surface area contributed by atoms with Gasteiger partial charge in [-0.25, -0.2) is 9.18 Å². The van der Waals surface area contributed by atoms with Crippen LogP contribution in [0.3, 0.4) is 0 Å². The molecule has 0 aromatic heterocycles. The van der Waals surface area contributed by atoms with Gasteiger partial charge in [-0.05, 0) is 25.1 Å². The molecular formula is C14H12FN3O3. The highest BCUT2D eigenvalue weighted by Gasteiger charge is 2.61. The zero-order valence-electron chi connectivity index (χ0n) is 11.1. The van der Waals surface area contributed by atoms with Gasteiger partial charge in [0.1, 0.15) is 5.82 Å². The lowest BCUT2D eigenvalue weighted by Crippen LogP contribution is -2.52. The highest BCUT2D eigenvalue weighted by Crippen LogP contribution is 2.42. The van der Waals surface area contributed by atoms with Crippen molar-refractivity contribution in [3.63, 3.8) is 0 Å². The number of hydrogen-bond donors (Lipinski definition) is 2. The van der Waals surface area contributed by atoms with Crippen LogP contribution in [0.5, 0.6) is 0 Å². The molecule has 21 heavy (non-hydrogen) atoms. The van der Waals surface area contributed by atoms with Gasteiger partial charge in [-0.3, -0.25) is 14.9 Å². The van der Waals surface area contributed by atoms with Gasteiger partial charge in [0, 0.05) is 12.1 Å². The van der Waals surface area contributed by atoms with Gasteiger partial charge in [0.15, 0.2) is 0 Å². The minimum atomic E-state index is -1.86. The van der Waals surface area contributed by atoms with E-state index in [2.05, 4.69) is 5.32 Å². The van der Waals surface area contributed by atoms with Crippen LogP contribution >= 0.6 is 0 Å². The number of halogens is 1. The number of anilines is 1. The lowest BCUT2D eigenvalue weighted by atomic mass is 9.91. The van der Waals surface area contributed by atoms with E-state index in [1.54, 1.807) is 19.1 Å². The second-order valence-electron chi connectivity index (χ2n) is 4.80. The van der Waals surface area contributed by atoms with E-state index in [0.29, 0.717) is 5.69 Å². The Morgan fingerprint density at radius 3 is 2.71 bits per heavy atom. The SMILES string of the molecule is CC=CCN1C(=O)C2(NC(=O)NC2=O)c2cc(F)ccc21. The molecule has 2 N–H and O–H groups in total. The number of fused-ring (bicyclic) bond motifs is 2. The zero-order valence-corrected chi connectivity index (χ0v) is 11.1. The number of nitrogens with one attached hydrogen (secondary N) is 2. The standard InChI is InChI=1S/C14H12FN3O3/c1-2-3-6-18-10-5-4-8(15)7-9(10)14(12(18)20)11(19)16-13(21)17-14/h2-5,7H,6H2,1H3,(H2,16,17,19,21). The number of carbonyl (C=O) groups is 3. The van der Waals surface area contributed by atoms with Crippen molar-refractivity contribution in [2.75, 3.05) is 11.4 Å². The van der Waals surface area contributed by atoms with Gasteiger partial charge in [0.05, 0.1) is 5.69 Å². The van der Waals surface area contributed by atoms with E-state index in [-0.39, 0.29) is 12.1 Å². The van der Waals surface area contributed by atoms with Gasteiger partial charge in [-0.15, -0.1) is 0 Å². The normalized spacial score (nSPS) is 23.9. The van der Waals surface area contributed by atoms with Crippen LogP contribution < -0.4 is 15.5 Å². The molecule has 0 aliphatic carbocycles. The molecule has 1 unspecified atom stereocenters. The van der Waals surface area contributed by atoms with Crippen LogP contribution in [-0.2, 0) is 15.1 Å². The monoisotopic (exact) mass is 289 g/mol. The van der Waals surface area contributed by atoms with E-state index in [9.17, 15) is 18.8 Å². The first-order chi connectivity index (χ1) is 10.0. The van der Waals surface area contributed by atoms with E-state index in [0.717, 1.165) is 6.07 Å². The number of imide groups is 1. The van der Waals surface area contributed by atoms with Gasteiger partial charge >= 0.3 is 6.03 Å². The molecule has 108 valence electrons. The number of amides is 4. The molecule has 1 saturated heterocycles. The first-order valence-electron chi connectivity index (χ1n) is 6.37. The van der Waals surface area contributed by atoms with Gasteiger partial charge in [0.25, 0.3) is 11.8 Å². The first-order valence-corrected chi connectivity index (χ1v) is 6.37. The smallest absolute Gasteiger partial charge is 0.312 e. The number of hydrogen-bond acceptors (Lipinski definition) is 3. The second kappa shape index (κ2) is 4.41. The zero-order chi connectivity index (χ0) is 15.2. The number of carbonyl (C=O) groups excluding carboxylic acids is 3. The van der Waals surface area contributed by atoms with Crippen LogP contribution in [0.2, 0.25) is 0 Å². The Bertz CT molecular complexity index is 701. The molecule has 2 aliphatic rings. The summed E-state index contributed by atoms with van der Waals surface area (Å²) in [6, 6.07) is 2.98. The highest BCUT2D eigenvalue weighted by atomic mass is 19.1. The van der Waals surface area contributed by atoms with Crippen molar-refractivity contribution in [3.05, 3.63) is 41.7 Å². The third-order valence-electron chi connectivity index (χ3n) is 3.61. The molecule has 1 aromatic rings. The van der Waals surface area contributed by atoms with Crippen LogP contribution in [0.1, 0.15) is 12.5 Å². The summed E-state index contributed by atoms with van der Waals surface area (Å²) in [5.41, 5.74) is -1.30. The van der Waals surface area contributed by atoms with Crippen molar-refractivity contribution < 1.29 is 18.8 Å². The Morgan fingerprint density at radius 2 is 2.10 bits per heavy atom. The Morgan fingerprint density at radius 1 is 1.33 bits per heavy atom. The van der Waals surface area contributed by atoms with Crippen molar-refractivity contribution in [1.82, 2.24) is 10.6 Å². The van der Waals surface area contributed by atoms with Crippen LogP contribution in [0, 0.1) is 5.82 Å². The fourth-order valence-corrected chi connectivity index (χ4v) is 2.66. The summed E-state index contributed by atoms with van der Waals surface area (Å²) in [5, 5.41) is 4.38. The molecule has 7 heteroatoms. The molecule has 4 amide bonds. The number of nitrogens with zero attached hydrogens (tertiary/aromatic N) is 1. The molecule has 1 aromatic carbocycles. The summed E-state index contributed by atoms with van der Waals surface area (Å²) in [7, 11) is 0. The molecule has 3 rings (SSSR count).